The average molecular weight is 296 g/mol. The van der Waals surface area contributed by atoms with E-state index in [9.17, 15) is 4.79 Å². The molecule has 0 unspecified atom stereocenters. The summed E-state index contributed by atoms with van der Waals surface area (Å²) in [6.07, 6.45) is 0.923. The van der Waals surface area contributed by atoms with Crippen molar-refractivity contribution in [1.29, 1.82) is 0 Å². The van der Waals surface area contributed by atoms with Gasteiger partial charge in [0, 0.05) is 19.2 Å². The molecule has 2 rings (SSSR count). The summed E-state index contributed by atoms with van der Waals surface area (Å²) >= 11 is 0. The maximum Gasteiger partial charge on any atom is 0.251 e. The molecule has 0 aromatic heterocycles. The van der Waals surface area contributed by atoms with Crippen LogP contribution in [0.5, 0.6) is 0 Å². The smallest absolute Gasteiger partial charge is 0.251 e. The van der Waals surface area contributed by atoms with Crippen molar-refractivity contribution < 1.29 is 4.79 Å². The molecule has 3 nitrogen and oxygen atoms in total. The van der Waals surface area contributed by atoms with Crippen LogP contribution < -0.4 is 10.6 Å². The van der Waals surface area contributed by atoms with E-state index in [2.05, 4.69) is 47.9 Å². The predicted octanol–water partition coefficient (Wildman–Crippen LogP) is 2.98. The highest BCUT2D eigenvalue weighted by atomic mass is 16.1. The molecule has 0 aliphatic heterocycles. The fraction of sp³-hybridized carbons (Fsp3) is 0.316. The van der Waals surface area contributed by atoms with Crippen LogP contribution in [0, 0.1) is 0 Å². The van der Waals surface area contributed by atoms with Crippen LogP contribution in [0.25, 0.3) is 0 Å². The highest BCUT2D eigenvalue weighted by Crippen LogP contribution is 2.13. The van der Waals surface area contributed by atoms with Gasteiger partial charge in [0.2, 0.25) is 0 Å². The van der Waals surface area contributed by atoms with Crippen LogP contribution in [-0.2, 0) is 6.42 Å². The number of benzene rings is 2. The molecule has 2 aromatic carbocycles. The fourth-order valence-electron chi connectivity index (χ4n) is 2.46. The van der Waals surface area contributed by atoms with Gasteiger partial charge in [-0.3, -0.25) is 4.79 Å². The Balaban J connectivity index is 1.78. The zero-order valence-corrected chi connectivity index (χ0v) is 13.3. The van der Waals surface area contributed by atoms with E-state index in [0.29, 0.717) is 5.92 Å². The molecule has 0 fully saturated rings. The summed E-state index contributed by atoms with van der Waals surface area (Å²) in [6, 6.07) is 18.3. The SMILES string of the molecule is CNC(=O)c1cccc(CCNC[C@@H](C)c2ccccc2)c1. The van der Waals surface area contributed by atoms with Crippen molar-refractivity contribution in [2.75, 3.05) is 20.1 Å². The molecule has 0 saturated carbocycles. The third-order valence-electron chi connectivity index (χ3n) is 3.83. The first-order valence-corrected chi connectivity index (χ1v) is 7.77. The topological polar surface area (TPSA) is 41.1 Å². The van der Waals surface area contributed by atoms with Gasteiger partial charge >= 0.3 is 0 Å². The first-order chi connectivity index (χ1) is 10.7. The van der Waals surface area contributed by atoms with Gasteiger partial charge in [0.1, 0.15) is 0 Å². The van der Waals surface area contributed by atoms with Crippen molar-refractivity contribution in [2.24, 2.45) is 0 Å². The van der Waals surface area contributed by atoms with Gasteiger partial charge in [-0.05, 0) is 42.1 Å². The van der Waals surface area contributed by atoms with Gasteiger partial charge < -0.3 is 10.6 Å². The van der Waals surface area contributed by atoms with E-state index in [0.717, 1.165) is 25.1 Å². The number of rotatable bonds is 7. The molecule has 0 bridgehead atoms. The van der Waals surface area contributed by atoms with Gasteiger partial charge in [-0.25, -0.2) is 0 Å². The monoisotopic (exact) mass is 296 g/mol. The van der Waals surface area contributed by atoms with E-state index < -0.39 is 0 Å². The summed E-state index contributed by atoms with van der Waals surface area (Å²) in [7, 11) is 1.65. The second kappa shape index (κ2) is 8.35. The summed E-state index contributed by atoms with van der Waals surface area (Å²) in [5.74, 6) is 0.464. The number of hydrogen-bond donors (Lipinski definition) is 2. The standard InChI is InChI=1S/C19H24N2O/c1-15(17-8-4-3-5-9-17)14-21-12-11-16-7-6-10-18(13-16)19(22)20-2/h3-10,13,15,21H,11-12,14H2,1-2H3,(H,20,22)/t15-/m1/s1. The van der Waals surface area contributed by atoms with Crippen LogP contribution >= 0.6 is 0 Å². The van der Waals surface area contributed by atoms with Crippen LogP contribution in [0.4, 0.5) is 0 Å². The maximum absolute atomic E-state index is 11.6. The van der Waals surface area contributed by atoms with E-state index in [1.165, 1.54) is 11.1 Å². The Kier molecular flexibility index (Phi) is 6.16. The first-order valence-electron chi connectivity index (χ1n) is 7.77. The van der Waals surface area contributed by atoms with E-state index in [4.69, 9.17) is 0 Å². The summed E-state index contributed by atoms with van der Waals surface area (Å²) in [5, 5.41) is 6.15. The summed E-state index contributed by atoms with van der Waals surface area (Å²) in [6.45, 7) is 4.10. The van der Waals surface area contributed by atoms with Crippen molar-refractivity contribution in [2.45, 2.75) is 19.3 Å². The highest BCUT2D eigenvalue weighted by Gasteiger charge is 2.05. The molecule has 22 heavy (non-hydrogen) atoms. The normalized spacial score (nSPS) is 11.9. The van der Waals surface area contributed by atoms with Gasteiger partial charge in [0.25, 0.3) is 5.91 Å². The lowest BCUT2D eigenvalue weighted by molar-refractivity contribution is 0.0963. The van der Waals surface area contributed by atoms with Crippen molar-refractivity contribution >= 4 is 5.91 Å². The van der Waals surface area contributed by atoms with Crippen molar-refractivity contribution in [3.05, 3.63) is 71.3 Å². The number of carbonyl (C=O) groups is 1. The molecule has 1 atom stereocenters. The third-order valence-corrected chi connectivity index (χ3v) is 3.83. The second-order valence-electron chi connectivity index (χ2n) is 5.55. The minimum Gasteiger partial charge on any atom is -0.355 e. The average Bonchev–Trinajstić information content (AvgIpc) is 2.59. The summed E-state index contributed by atoms with van der Waals surface area (Å²) in [5.41, 5.74) is 3.26. The molecule has 0 saturated heterocycles. The molecule has 0 aliphatic rings. The Hall–Kier alpha value is -2.13. The van der Waals surface area contributed by atoms with E-state index in [-0.39, 0.29) is 5.91 Å². The Labute approximate surface area is 132 Å². The molecule has 1 amide bonds. The van der Waals surface area contributed by atoms with Gasteiger partial charge in [-0.2, -0.15) is 0 Å². The fourth-order valence-corrected chi connectivity index (χ4v) is 2.46. The molecule has 116 valence electrons. The van der Waals surface area contributed by atoms with E-state index in [1.807, 2.05) is 24.3 Å². The Morgan fingerprint density at radius 3 is 2.59 bits per heavy atom. The van der Waals surface area contributed by atoms with Crippen LogP contribution in [0.1, 0.15) is 34.3 Å². The lowest BCUT2D eigenvalue weighted by Gasteiger charge is -2.13. The minimum absolute atomic E-state index is 0.0347. The van der Waals surface area contributed by atoms with Gasteiger partial charge in [0.15, 0.2) is 0 Å². The zero-order valence-electron chi connectivity index (χ0n) is 13.3. The minimum atomic E-state index is -0.0347. The summed E-state index contributed by atoms with van der Waals surface area (Å²) < 4.78 is 0. The molecule has 0 spiro atoms. The molecule has 0 radical (unpaired) electrons. The van der Waals surface area contributed by atoms with Crippen molar-refractivity contribution in [3.8, 4) is 0 Å². The Morgan fingerprint density at radius 1 is 1.09 bits per heavy atom. The van der Waals surface area contributed by atoms with Gasteiger partial charge in [-0.15, -0.1) is 0 Å². The van der Waals surface area contributed by atoms with Gasteiger partial charge in [0.05, 0.1) is 0 Å². The van der Waals surface area contributed by atoms with Crippen molar-refractivity contribution in [1.82, 2.24) is 10.6 Å². The van der Waals surface area contributed by atoms with Crippen LogP contribution in [0.3, 0.4) is 0 Å². The molecule has 0 heterocycles. The van der Waals surface area contributed by atoms with Crippen molar-refractivity contribution in [3.63, 3.8) is 0 Å². The quantitative estimate of drug-likeness (QED) is 0.771. The third kappa shape index (κ3) is 4.71. The summed E-state index contributed by atoms with van der Waals surface area (Å²) in [4.78, 5) is 11.6. The lowest BCUT2D eigenvalue weighted by atomic mass is 10.0. The first kappa shape index (κ1) is 16.2. The largest absolute Gasteiger partial charge is 0.355 e. The Morgan fingerprint density at radius 2 is 1.86 bits per heavy atom. The molecule has 2 N–H and O–H groups in total. The highest BCUT2D eigenvalue weighted by molar-refractivity contribution is 5.94. The molecular formula is C19H24N2O. The Bertz CT molecular complexity index is 595. The predicted molar refractivity (Wildman–Crippen MR) is 91.3 cm³/mol. The molecular weight excluding hydrogens is 272 g/mol. The van der Waals surface area contributed by atoms with Gasteiger partial charge in [-0.1, -0.05) is 49.4 Å². The second-order valence-corrected chi connectivity index (χ2v) is 5.55. The zero-order chi connectivity index (χ0) is 15.8. The lowest BCUT2D eigenvalue weighted by Crippen LogP contribution is -2.23. The maximum atomic E-state index is 11.6. The molecule has 0 aliphatic carbocycles. The van der Waals surface area contributed by atoms with Crippen LogP contribution in [-0.4, -0.2) is 26.0 Å². The molecule has 3 heteroatoms. The van der Waals surface area contributed by atoms with E-state index in [1.54, 1.807) is 7.05 Å². The van der Waals surface area contributed by atoms with Crippen LogP contribution in [0.2, 0.25) is 0 Å². The molecule has 2 aromatic rings. The number of nitrogens with one attached hydrogen (secondary N) is 2. The van der Waals surface area contributed by atoms with E-state index >= 15 is 0 Å². The number of amides is 1. The number of carbonyl (C=O) groups excluding carboxylic acids is 1. The number of hydrogen-bond acceptors (Lipinski definition) is 2. The van der Waals surface area contributed by atoms with Crippen LogP contribution in [0.15, 0.2) is 54.6 Å².